The number of halogens is 1. The van der Waals surface area contributed by atoms with E-state index in [0.29, 0.717) is 13.0 Å². The highest BCUT2D eigenvalue weighted by atomic mass is 19.1. The average Bonchev–Trinajstić information content (AvgIpc) is 2.73. The number of aryl methyl sites for hydroxylation is 2. The number of hydrogen-bond acceptors (Lipinski definition) is 2. The van der Waals surface area contributed by atoms with Crippen molar-refractivity contribution in [3.63, 3.8) is 0 Å². The molecule has 4 heteroatoms. The van der Waals surface area contributed by atoms with Gasteiger partial charge in [0.2, 0.25) is 0 Å². The predicted molar refractivity (Wildman–Crippen MR) is 73.5 cm³/mol. The number of nitrogens with two attached hydrogens (primary N) is 1. The molecule has 0 radical (unpaired) electrons. The van der Waals surface area contributed by atoms with Gasteiger partial charge in [0, 0.05) is 18.3 Å². The van der Waals surface area contributed by atoms with E-state index in [2.05, 4.69) is 25.9 Å². The maximum Gasteiger partial charge on any atom is 0.0912 e. The second kappa shape index (κ2) is 7.52. The van der Waals surface area contributed by atoms with Crippen molar-refractivity contribution in [2.45, 2.75) is 65.5 Å². The maximum absolute atomic E-state index is 12.3. The van der Waals surface area contributed by atoms with Crippen LogP contribution in [0.2, 0.25) is 0 Å². The van der Waals surface area contributed by atoms with Crippen LogP contribution in [-0.2, 0) is 25.8 Å². The van der Waals surface area contributed by atoms with Crippen LogP contribution in [0.5, 0.6) is 0 Å². The lowest BCUT2D eigenvalue weighted by molar-refractivity contribution is 0.429. The molecule has 1 atom stereocenters. The predicted octanol–water partition coefficient (Wildman–Crippen LogP) is 2.65. The number of aromatic nitrogens is 2. The number of alkyl halides is 1. The average molecular weight is 255 g/mol. The van der Waals surface area contributed by atoms with Crippen LogP contribution in [-0.4, -0.2) is 22.5 Å². The monoisotopic (exact) mass is 255 g/mol. The molecular formula is C14H26FN3. The van der Waals surface area contributed by atoms with Crippen LogP contribution in [0.1, 0.15) is 50.6 Å². The first-order valence-electron chi connectivity index (χ1n) is 7.06. The first-order valence-corrected chi connectivity index (χ1v) is 7.06. The summed E-state index contributed by atoms with van der Waals surface area (Å²) in [5, 5.41) is 4.62. The lowest BCUT2D eigenvalue weighted by atomic mass is 10.00. The molecule has 1 unspecified atom stereocenters. The molecule has 2 N–H and O–H groups in total. The van der Waals surface area contributed by atoms with Crippen LogP contribution >= 0.6 is 0 Å². The molecule has 0 aliphatic rings. The Morgan fingerprint density at radius 3 is 2.50 bits per heavy atom. The largest absolute Gasteiger partial charge is 0.327 e. The molecule has 18 heavy (non-hydrogen) atoms. The summed E-state index contributed by atoms with van der Waals surface area (Å²) < 4.78 is 14.3. The van der Waals surface area contributed by atoms with Gasteiger partial charge in [-0.25, -0.2) is 0 Å². The normalized spacial score (nSPS) is 12.9. The molecule has 0 aromatic carbocycles. The van der Waals surface area contributed by atoms with Gasteiger partial charge in [0.15, 0.2) is 0 Å². The highest BCUT2D eigenvalue weighted by Gasteiger charge is 2.17. The summed E-state index contributed by atoms with van der Waals surface area (Å²) in [5.41, 5.74) is 9.74. The molecule has 1 aromatic heterocycles. The quantitative estimate of drug-likeness (QED) is 0.776. The van der Waals surface area contributed by atoms with E-state index in [9.17, 15) is 4.39 Å². The van der Waals surface area contributed by atoms with E-state index >= 15 is 0 Å². The Balaban J connectivity index is 3.00. The van der Waals surface area contributed by atoms with E-state index in [4.69, 9.17) is 5.73 Å². The van der Waals surface area contributed by atoms with Crippen LogP contribution in [0.25, 0.3) is 0 Å². The van der Waals surface area contributed by atoms with Gasteiger partial charge in [0.25, 0.3) is 0 Å². The van der Waals surface area contributed by atoms with Crippen LogP contribution in [0.4, 0.5) is 4.39 Å². The Labute approximate surface area is 110 Å². The van der Waals surface area contributed by atoms with Gasteiger partial charge in [-0.2, -0.15) is 5.10 Å². The summed E-state index contributed by atoms with van der Waals surface area (Å²) in [7, 11) is 0. The van der Waals surface area contributed by atoms with E-state index in [1.165, 1.54) is 11.3 Å². The molecule has 0 bridgehead atoms. The van der Waals surface area contributed by atoms with Gasteiger partial charge in [-0.1, -0.05) is 20.8 Å². The number of nitrogens with zero attached hydrogens (tertiary/aromatic N) is 2. The highest BCUT2D eigenvalue weighted by molar-refractivity contribution is 5.28. The van der Waals surface area contributed by atoms with Gasteiger partial charge in [0.05, 0.1) is 12.4 Å². The summed E-state index contributed by atoms with van der Waals surface area (Å²) in [6.07, 6.45) is 4.25. The van der Waals surface area contributed by atoms with Gasteiger partial charge >= 0.3 is 0 Å². The van der Waals surface area contributed by atoms with Gasteiger partial charge in [0.1, 0.15) is 0 Å². The lowest BCUT2D eigenvalue weighted by Gasteiger charge is -2.11. The SMILES string of the molecule is CCc1nn(CCCF)c(CC)c1CC(N)CC. The molecule has 3 nitrogen and oxygen atoms in total. The molecule has 1 heterocycles. The summed E-state index contributed by atoms with van der Waals surface area (Å²) in [5.74, 6) is 0. The smallest absolute Gasteiger partial charge is 0.0912 e. The molecule has 0 amide bonds. The molecule has 0 aliphatic carbocycles. The van der Waals surface area contributed by atoms with Crippen molar-refractivity contribution >= 4 is 0 Å². The van der Waals surface area contributed by atoms with Crippen LogP contribution < -0.4 is 5.73 Å². The van der Waals surface area contributed by atoms with E-state index in [1.54, 1.807) is 0 Å². The molecule has 0 saturated heterocycles. The third-order valence-corrected chi connectivity index (χ3v) is 3.41. The highest BCUT2D eigenvalue weighted by Crippen LogP contribution is 2.19. The fraction of sp³-hybridized carbons (Fsp3) is 0.786. The Hall–Kier alpha value is -0.900. The van der Waals surface area contributed by atoms with E-state index in [-0.39, 0.29) is 12.7 Å². The maximum atomic E-state index is 12.3. The molecular weight excluding hydrogens is 229 g/mol. The fourth-order valence-corrected chi connectivity index (χ4v) is 2.31. The zero-order valence-corrected chi connectivity index (χ0v) is 11.9. The molecule has 1 aromatic rings. The molecule has 0 fully saturated rings. The zero-order valence-electron chi connectivity index (χ0n) is 11.9. The van der Waals surface area contributed by atoms with E-state index < -0.39 is 0 Å². The summed E-state index contributed by atoms with van der Waals surface area (Å²) in [6.45, 7) is 6.74. The van der Waals surface area contributed by atoms with E-state index in [0.717, 1.165) is 31.4 Å². The molecule has 104 valence electrons. The van der Waals surface area contributed by atoms with Gasteiger partial charge in [-0.15, -0.1) is 0 Å². The Morgan fingerprint density at radius 2 is 2.00 bits per heavy atom. The molecule has 0 spiro atoms. The lowest BCUT2D eigenvalue weighted by Crippen LogP contribution is -2.22. The van der Waals surface area contributed by atoms with Crippen molar-refractivity contribution in [2.24, 2.45) is 5.73 Å². The van der Waals surface area contributed by atoms with Crippen molar-refractivity contribution < 1.29 is 4.39 Å². The minimum atomic E-state index is -0.283. The van der Waals surface area contributed by atoms with Crippen molar-refractivity contribution in [3.05, 3.63) is 17.0 Å². The third-order valence-electron chi connectivity index (χ3n) is 3.41. The molecule has 0 aliphatic heterocycles. The zero-order chi connectivity index (χ0) is 13.5. The van der Waals surface area contributed by atoms with E-state index in [1.807, 2.05) is 4.68 Å². The first-order chi connectivity index (χ1) is 8.67. The second-order valence-electron chi connectivity index (χ2n) is 4.72. The van der Waals surface area contributed by atoms with Crippen molar-refractivity contribution in [2.75, 3.05) is 6.67 Å². The summed E-state index contributed by atoms with van der Waals surface area (Å²) in [6, 6.07) is 0.194. The van der Waals surface area contributed by atoms with Crippen molar-refractivity contribution in [1.29, 1.82) is 0 Å². The minimum absolute atomic E-state index is 0.194. The van der Waals surface area contributed by atoms with Crippen LogP contribution in [0.15, 0.2) is 0 Å². The number of rotatable bonds is 8. The standard InChI is InChI=1S/C14H26FN3/c1-4-11(16)10-12-13(5-2)17-18(9-7-8-15)14(12)6-3/h11H,4-10,16H2,1-3H3. The van der Waals surface area contributed by atoms with Crippen LogP contribution in [0, 0.1) is 0 Å². The molecule has 1 rings (SSSR count). The van der Waals surface area contributed by atoms with Gasteiger partial charge < -0.3 is 5.73 Å². The van der Waals surface area contributed by atoms with Crippen molar-refractivity contribution in [3.8, 4) is 0 Å². The van der Waals surface area contributed by atoms with Gasteiger partial charge in [-0.05, 0) is 37.7 Å². The first kappa shape index (κ1) is 15.2. The van der Waals surface area contributed by atoms with Crippen LogP contribution in [0.3, 0.4) is 0 Å². The summed E-state index contributed by atoms with van der Waals surface area (Å²) >= 11 is 0. The second-order valence-corrected chi connectivity index (χ2v) is 4.72. The Morgan fingerprint density at radius 1 is 1.28 bits per heavy atom. The Bertz CT molecular complexity index is 360. The minimum Gasteiger partial charge on any atom is -0.327 e. The number of hydrogen-bond donors (Lipinski definition) is 1. The van der Waals surface area contributed by atoms with Gasteiger partial charge in [-0.3, -0.25) is 9.07 Å². The third kappa shape index (κ3) is 3.55. The topological polar surface area (TPSA) is 43.8 Å². The van der Waals surface area contributed by atoms with Crippen molar-refractivity contribution in [1.82, 2.24) is 9.78 Å². The fourth-order valence-electron chi connectivity index (χ4n) is 2.31. The molecule has 0 saturated carbocycles. The summed E-state index contributed by atoms with van der Waals surface area (Å²) in [4.78, 5) is 0. The Kier molecular flexibility index (Phi) is 6.33.